The lowest BCUT2D eigenvalue weighted by Gasteiger charge is -2.06. The summed E-state index contributed by atoms with van der Waals surface area (Å²) in [5.41, 5.74) is 1.34. The fourth-order valence-corrected chi connectivity index (χ4v) is 1.62. The van der Waals surface area contributed by atoms with Crippen molar-refractivity contribution >= 4 is 11.5 Å². The molecule has 0 spiro atoms. The van der Waals surface area contributed by atoms with E-state index < -0.39 is 4.92 Å². The molecule has 1 aromatic heterocycles. The molecule has 6 heteroatoms. The highest BCUT2D eigenvalue weighted by atomic mass is 16.6. The standard InChI is InChI=1S/C13H10N4O2/c14-8-10-3-1-4-11(7-10)9-16-13-12(17(18)19)5-2-6-15-13/h1-7H,9H2,(H,15,16). The first-order valence-corrected chi connectivity index (χ1v) is 5.53. The molecular formula is C13H10N4O2. The third-order valence-corrected chi connectivity index (χ3v) is 2.50. The first-order chi connectivity index (χ1) is 9.20. The fraction of sp³-hybridized carbons (Fsp3) is 0.0769. The Labute approximate surface area is 109 Å². The molecule has 0 bridgehead atoms. The van der Waals surface area contributed by atoms with Crippen LogP contribution in [0.4, 0.5) is 11.5 Å². The highest BCUT2D eigenvalue weighted by molar-refractivity contribution is 5.55. The summed E-state index contributed by atoms with van der Waals surface area (Å²) >= 11 is 0. The average Bonchev–Trinajstić information content (AvgIpc) is 2.45. The van der Waals surface area contributed by atoms with Gasteiger partial charge in [0, 0.05) is 18.8 Å². The van der Waals surface area contributed by atoms with Crippen LogP contribution in [0.3, 0.4) is 0 Å². The molecule has 1 heterocycles. The zero-order valence-electron chi connectivity index (χ0n) is 9.91. The topological polar surface area (TPSA) is 91.8 Å². The maximum Gasteiger partial charge on any atom is 0.311 e. The molecule has 2 aromatic rings. The van der Waals surface area contributed by atoms with Crippen LogP contribution in [-0.4, -0.2) is 9.91 Å². The zero-order chi connectivity index (χ0) is 13.7. The Kier molecular flexibility index (Phi) is 3.69. The smallest absolute Gasteiger partial charge is 0.311 e. The van der Waals surface area contributed by atoms with E-state index in [0.717, 1.165) is 5.56 Å². The molecule has 0 amide bonds. The molecule has 0 fully saturated rings. The van der Waals surface area contributed by atoms with Gasteiger partial charge in [0.25, 0.3) is 0 Å². The number of nitro groups is 1. The molecule has 19 heavy (non-hydrogen) atoms. The summed E-state index contributed by atoms with van der Waals surface area (Å²) in [5.74, 6) is 0.217. The van der Waals surface area contributed by atoms with Gasteiger partial charge < -0.3 is 5.32 Å². The summed E-state index contributed by atoms with van der Waals surface area (Å²) in [6.45, 7) is 0.368. The second-order valence-corrected chi connectivity index (χ2v) is 3.79. The van der Waals surface area contributed by atoms with Crippen LogP contribution in [0, 0.1) is 21.4 Å². The predicted molar refractivity (Wildman–Crippen MR) is 69.4 cm³/mol. The molecule has 0 saturated heterocycles. The number of benzene rings is 1. The van der Waals surface area contributed by atoms with E-state index in [1.807, 2.05) is 12.1 Å². The van der Waals surface area contributed by atoms with Gasteiger partial charge in [-0.15, -0.1) is 0 Å². The van der Waals surface area contributed by atoms with Gasteiger partial charge in [0.05, 0.1) is 16.6 Å². The lowest BCUT2D eigenvalue weighted by Crippen LogP contribution is -2.04. The summed E-state index contributed by atoms with van der Waals surface area (Å²) in [6, 6.07) is 12.0. The Bertz CT molecular complexity index is 649. The van der Waals surface area contributed by atoms with Gasteiger partial charge >= 0.3 is 5.69 Å². The molecule has 0 atom stereocenters. The minimum atomic E-state index is -0.485. The summed E-state index contributed by atoms with van der Waals surface area (Å²) in [6.07, 6.45) is 1.49. The lowest BCUT2D eigenvalue weighted by molar-refractivity contribution is -0.384. The first kappa shape index (κ1) is 12.5. The van der Waals surface area contributed by atoms with Gasteiger partial charge in [0.15, 0.2) is 0 Å². The van der Waals surface area contributed by atoms with Gasteiger partial charge in [-0.2, -0.15) is 5.26 Å². The van der Waals surface area contributed by atoms with Gasteiger partial charge in [-0.25, -0.2) is 4.98 Å². The van der Waals surface area contributed by atoms with E-state index in [2.05, 4.69) is 10.3 Å². The van der Waals surface area contributed by atoms with Crippen LogP contribution in [-0.2, 0) is 6.54 Å². The SMILES string of the molecule is N#Cc1cccc(CNc2ncccc2[N+](=O)[O-])c1. The monoisotopic (exact) mass is 254 g/mol. The summed E-state index contributed by atoms with van der Waals surface area (Å²) in [4.78, 5) is 14.3. The summed E-state index contributed by atoms with van der Waals surface area (Å²) in [5, 5.41) is 22.5. The molecular weight excluding hydrogens is 244 g/mol. The van der Waals surface area contributed by atoms with Crippen molar-refractivity contribution in [2.45, 2.75) is 6.54 Å². The molecule has 0 aliphatic heterocycles. The van der Waals surface area contributed by atoms with Crippen LogP contribution >= 0.6 is 0 Å². The van der Waals surface area contributed by atoms with E-state index in [0.29, 0.717) is 12.1 Å². The molecule has 0 saturated carbocycles. The van der Waals surface area contributed by atoms with Crippen molar-refractivity contribution in [3.05, 3.63) is 63.8 Å². The van der Waals surface area contributed by atoms with Gasteiger partial charge in [0.2, 0.25) is 5.82 Å². The van der Waals surface area contributed by atoms with Gasteiger partial charge in [-0.05, 0) is 23.8 Å². The van der Waals surface area contributed by atoms with E-state index in [9.17, 15) is 10.1 Å². The molecule has 0 unspecified atom stereocenters. The van der Waals surface area contributed by atoms with Gasteiger partial charge in [-0.1, -0.05) is 12.1 Å². The number of hydrogen-bond donors (Lipinski definition) is 1. The second-order valence-electron chi connectivity index (χ2n) is 3.79. The maximum atomic E-state index is 10.8. The zero-order valence-corrected chi connectivity index (χ0v) is 9.91. The van der Waals surface area contributed by atoms with Crippen LogP contribution in [0.15, 0.2) is 42.6 Å². The largest absolute Gasteiger partial charge is 0.360 e. The normalized spacial score (nSPS) is 9.63. The van der Waals surface area contributed by atoms with Crippen LogP contribution in [0.2, 0.25) is 0 Å². The maximum absolute atomic E-state index is 10.8. The molecule has 0 radical (unpaired) electrons. The Morgan fingerprint density at radius 2 is 2.21 bits per heavy atom. The number of aromatic nitrogens is 1. The van der Waals surface area contributed by atoms with Gasteiger partial charge in [0.1, 0.15) is 0 Å². The minimum absolute atomic E-state index is 0.0704. The van der Waals surface area contributed by atoms with Crippen molar-refractivity contribution in [1.82, 2.24) is 4.98 Å². The Morgan fingerprint density at radius 3 is 2.95 bits per heavy atom. The highest BCUT2D eigenvalue weighted by Crippen LogP contribution is 2.20. The van der Waals surface area contributed by atoms with Crippen LogP contribution in [0.5, 0.6) is 0 Å². The minimum Gasteiger partial charge on any atom is -0.360 e. The van der Waals surface area contributed by atoms with Crippen LogP contribution < -0.4 is 5.32 Å². The quantitative estimate of drug-likeness (QED) is 0.668. The number of nitriles is 1. The second kappa shape index (κ2) is 5.60. The summed E-state index contributed by atoms with van der Waals surface area (Å²) < 4.78 is 0. The van der Waals surface area contributed by atoms with E-state index >= 15 is 0 Å². The predicted octanol–water partition coefficient (Wildman–Crippen LogP) is 2.47. The average molecular weight is 254 g/mol. The fourth-order valence-electron chi connectivity index (χ4n) is 1.62. The number of hydrogen-bond acceptors (Lipinski definition) is 5. The molecule has 2 rings (SSSR count). The number of rotatable bonds is 4. The van der Waals surface area contributed by atoms with Crippen molar-refractivity contribution in [2.24, 2.45) is 0 Å². The van der Waals surface area contributed by atoms with E-state index in [1.54, 1.807) is 18.2 Å². The number of anilines is 1. The molecule has 1 N–H and O–H groups in total. The third kappa shape index (κ3) is 3.04. The van der Waals surface area contributed by atoms with E-state index in [4.69, 9.17) is 5.26 Å². The van der Waals surface area contributed by atoms with Crippen molar-refractivity contribution in [3.8, 4) is 6.07 Å². The number of nitrogens with zero attached hydrogens (tertiary/aromatic N) is 3. The summed E-state index contributed by atoms with van der Waals surface area (Å²) in [7, 11) is 0. The number of pyridine rings is 1. The van der Waals surface area contributed by atoms with E-state index in [-0.39, 0.29) is 11.5 Å². The number of nitrogens with one attached hydrogen (secondary N) is 1. The highest BCUT2D eigenvalue weighted by Gasteiger charge is 2.13. The van der Waals surface area contributed by atoms with Crippen molar-refractivity contribution in [1.29, 1.82) is 5.26 Å². The van der Waals surface area contributed by atoms with Crippen molar-refractivity contribution < 1.29 is 4.92 Å². The molecule has 0 aliphatic carbocycles. The Hall–Kier alpha value is -2.94. The molecule has 1 aromatic carbocycles. The molecule has 0 aliphatic rings. The van der Waals surface area contributed by atoms with Crippen LogP contribution in [0.1, 0.15) is 11.1 Å². The Balaban J connectivity index is 2.15. The molecule has 94 valence electrons. The third-order valence-electron chi connectivity index (χ3n) is 2.50. The van der Waals surface area contributed by atoms with E-state index in [1.165, 1.54) is 18.3 Å². The first-order valence-electron chi connectivity index (χ1n) is 5.53. The van der Waals surface area contributed by atoms with Crippen LogP contribution in [0.25, 0.3) is 0 Å². The molecule has 6 nitrogen and oxygen atoms in total. The van der Waals surface area contributed by atoms with Crippen molar-refractivity contribution in [3.63, 3.8) is 0 Å². The van der Waals surface area contributed by atoms with Gasteiger partial charge in [-0.3, -0.25) is 10.1 Å². The lowest BCUT2D eigenvalue weighted by atomic mass is 10.1. The van der Waals surface area contributed by atoms with Crippen molar-refractivity contribution in [2.75, 3.05) is 5.32 Å². The Morgan fingerprint density at radius 1 is 1.37 bits per heavy atom.